The van der Waals surface area contributed by atoms with E-state index in [2.05, 4.69) is 16.3 Å². The first-order valence-electron chi connectivity index (χ1n) is 7.64. The van der Waals surface area contributed by atoms with Crippen molar-refractivity contribution < 1.29 is 13.2 Å². The molecule has 0 unspecified atom stereocenters. The first kappa shape index (κ1) is 17.4. The van der Waals surface area contributed by atoms with E-state index in [0.717, 1.165) is 32.4 Å². The second-order valence-corrected chi connectivity index (χ2v) is 9.18. The summed E-state index contributed by atoms with van der Waals surface area (Å²) in [6.45, 7) is 2.30. The van der Waals surface area contributed by atoms with E-state index in [4.69, 9.17) is 0 Å². The van der Waals surface area contributed by atoms with Crippen molar-refractivity contribution in [2.24, 2.45) is 0 Å². The highest BCUT2D eigenvalue weighted by Gasteiger charge is 2.21. The summed E-state index contributed by atoms with van der Waals surface area (Å²) >= 11 is 1.68. The predicted molar refractivity (Wildman–Crippen MR) is 90.0 cm³/mol. The first-order chi connectivity index (χ1) is 10.4. The molecule has 0 saturated carbocycles. The quantitative estimate of drug-likeness (QED) is 0.810. The smallest absolute Gasteiger partial charge is 0.220 e. The molecule has 1 aliphatic heterocycles. The van der Waals surface area contributed by atoms with E-state index in [-0.39, 0.29) is 17.7 Å². The van der Waals surface area contributed by atoms with Gasteiger partial charge in [0.05, 0.1) is 5.75 Å². The lowest BCUT2D eigenvalue weighted by Crippen LogP contribution is -2.45. The molecular formula is C15H24N2O3S2. The Balaban J connectivity index is 1.63. The fourth-order valence-electron chi connectivity index (χ4n) is 2.59. The molecule has 2 heterocycles. The fraction of sp³-hybridized carbons (Fsp3) is 0.667. The number of carbonyl (C=O) groups excluding carboxylic acids is 1. The molecule has 1 aromatic rings. The molecule has 124 valence electrons. The van der Waals surface area contributed by atoms with Crippen molar-refractivity contribution >= 4 is 27.1 Å². The summed E-state index contributed by atoms with van der Waals surface area (Å²) < 4.78 is 22.3. The lowest BCUT2D eigenvalue weighted by atomic mass is 10.0. The first-order valence-corrected chi connectivity index (χ1v) is 10.6. The zero-order valence-corrected chi connectivity index (χ0v) is 14.6. The number of nitrogens with one attached hydrogen (secondary N) is 1. The molecule has 1 fully saturated rings. The lowest BCUT2D eigenvalue weighted by molar-refractivity contribution is -0.122. The lowest BCUT2D eigenvalue weighted by Gasteiger charge is -2.32. The van der Waals surface area contributed by atoms with Crippen molar-refractivity contribution in [3.63, 3.8) is 0 Å². The highest BCUT2D eigenvalue weighted by molar-refractivity contribution is 7.90. The summed E-state index contributed by atoms with van der Waals surface area (Å²) in [7, 11) is -2.90. The highest BCUT2D eigenvalue weighted by atomic mass is 32.2. The van der Waals surface area contributed by atoms with Crippen LogP contribution in [0.5, 0.6) is 0 Å². The van der Waals surface area contributed by atoms with Gasteiger partial charge >= 0.3 is 0 Å². The topological polar surface area (TPSA) is 66.5 Å². The standard InChI is InChI=1S/C15H24N2O3S2/c1-22(19,20)12-10-17-8-6-13(7-9-17)16-15(18)5-4-14-3-2-11-21-14/h2-3,11,13H,4-10,12H2,1H3,(H,16,18). The van der Waals surface area contributed by atoms with Gasteiger partial charge in [-0.05, 0) is 30.7 Å². The zero-order chi connectivity index (χ0) is 16.0. The molecule has 2 rings (SSSR count). The van der Waals surface area contributed by atoms with Crippen molar-refractivity contribution in [1.82, 2.24) is 10.2 Å². The van der Waals surface area contributed by atoms with Crippen molar-refractivity contribution in [3.05, 3.63) is 22.4 Å². The van der Waals surface area contributed by atoms with Crippen LogP contribution >= 0.6 is 11.3 Å². The Kier molecular flexibility index (Phi) is 6.40. The fourth-order valence-corrected chi connectivity index (χ4v) is 3.89. The number of carbonyl (C=O) groups is 1. The Morgan fingerprint density at radius 1 is 1.41 bits per heavy atom. The number of rotatable bonds is 7. The van der Waals surface area contributed by atoms with Crippen LogP contribution in [0, 0.1) is 0 Å². The minimum absolute atomic E-state index is 0.114. The maximum atomic E-state index is 11.9. The number of piperidine rings is 1. The largest absolute Gasteiger partial charge is 0.353 e. The van der Waals surface area contributed by atoms with Gasteiger partial charge in [0, 0.05) is 43.2 Å². The van der Waals surface area contributed by atoms with Gasteiger partial charge in [0.25, 0.3) is 0 Å². The van der Waals surface area contributed by atoms with E-state index in [1.165, 1.54) is 11.1 Å². The van der Waals surface area contributed by atoms with Crippen LogP contribution in [-0.4, -0.2) is 56.9 Å². The molecule has 0 spiro atoms. The molecule has 1 N–H and O–H groups in total. The van der Waals surface area contributed by atoms with Crippen molar-refractivity contribution in [2.45, 2.75) is 31.7 Å². The van der Waals surface area contributed by atoms with Crippen LogP contribution in [0.25, 0.3) is 0 Å². The third-order valence-electron chi connectivity index (χ3n) is 3.91. The maximum Gasteiger partial charge on any atom is 0.220 e. The van der Waals surface area contributed by atoms with E-state index in [1.807, 2.05) is 11.4 Å². The van der Waals surface area contributed by atoms with E-state index in [0.29, 0.717) is 13.0 Å². The Morgan fingerprint density at radius 3 is 2.73 bits per heavy atom. The zero-order valence-electron chi connectivity index (χ0n) is 13.0. The summed E-state index contributed by atoms with van der Waals surface area (Å²) in [5.74, 6) is 0.327. The van der Waals surface area contributed by atoms with Gasteiger partial charge in [0.1, 0.15) is 9.84 Å². The van der Waals surface area contributed by atoms with Crippen LogP contribution in [0.2, 0.25) is 0 Å². The number of hydrogen-bond donors (Lipinski definition) is 1. The SMILES string of the molecule is CS(=O)(=O)CCN1CCC(NC(=O)CCc2cccs2)CC1. The van der Waals surface area contributed by atoms with Crippen LogP contribution in [0.15, 0.2) is 17.5 Å². The third-order valence-corrected chi connectivity index (χ3v) is 5.77. The number of aryl methyl sites for hydroxylation is 1. The predicted octanol–water partition coefficient (Wildman–Crippen LogP) is 1.31. The third kappa shape index (κ3) is 6.46. The molecule has 1 amide bonds. The highest BCUT2D eigenvalue weighted by Crippen LogP contribution is 2.13. The van der Waals surface area contributed by atoms with Gasteiger partial charge in [-0.1, -0.05) is 6.07 Å². The molecule has 1 aliphatic rings. The molecular weight excluding hydrogens is 320 g/mol. The van der Waals surface area contributed by atoms with Gasteiger partial charge < -0.3 is 10.2 Å². The summed E-state index contributed by atoms with van der Waals surface area (Å²) in [5, 5.41) is 5.12. The molecule has 1 saturated heterocycles. The van der Waals surface area contributed by atoms with E-state index < -0.39 is 9.84 Å². The Hall–Kier alpha value is -0.920. The van der Waals surface area contributed by atoms with E-state index >= 15 is 0 Å². The number of sulfone groups is 1. The second-order valence-electron chi connectivity index (χ2n) is 5.89. The molecule has 0 radical (unpaired) electrons. The molecule has 0 aromatic carbocycles. The monoisotopic (exact) mass is 344 g/mol. The van der Waals surface area contributed by atoms with Crippen LogP contribution in [0.3, 0.4) is 0 Å². The van der Waals surface area contributed by atoms with E-state index in [1.54, 1.807) is 11.3 Å². The number of amides is 1. The summed E-state index contributed by atoms with van der Waals surface area (Å²) in [6, 6.07) is 4.29. The molecule has 0 aliphatic carbocycles. The van der Waals surface area contributed by atoms with Gasteiger partial charge in [-0.15, -0.1) is 11.3 Å². The molecule has 7 heteroatoms. The minimum atomic E-state index is -2.90. The summed E-state index contributed by atoms with van der Waals surface area (Å²) in [4.78, 5) is 15.3. The average molecular weight is 345 g/mol. The maximum absolute atomic E-state index is 11.9. The molecule has 0 bridgehead atoms. The van der Waals surface area contributed by atoms with Crippen LogP contribution < -0.4 is 5.32 Å². The molecule has 5 nitrogen and oxygen atoms in total. The van der Waals surface area contributed by atoms with Gasteiger partial charge in [-0.2, -0.15) is 0 Å². The van der Waals surface area contributed by atoms with Crippen molar-refractivity contribution in [1.29, 1.82) is 0 Å². The van der Waals surface area contributed by atoms with Crippen LogP contribution in [-0.2, 0) is 21.1 Å². The van der Waals surface area contributed by atoms with Gasteiger partial charge in [0.2, 0.25) is 5.91 Å². The van der Waals surface area contributed by atoms with Gasteiger partial charge in [-0.25, -0.2) is 8.42 Å². The average Bonchev–Trinajstić information content (AvgIpc) is 2.97. The van der Waals surface area contributed by atoms with Gasteiger partial charge in [-0.3, -0.25) is 4.79 Å². The van der Waals surface area contributed by atoms with Crippen molar-refractivity contribution in [2.75, 3.05) is 31.6 Å². The number of thiophene rings is 1. The Labute approximate surface area is 136 Å². The molecule has 1 aromatic heterocycles. The molecule has 22 heavy (non-hydrogen) atoms. The minimum Gasteiger partial charge on any atom is -0.353 e. The van der Waals surface area contributed by atoms with E-state index in [9.17, 15) is 13.2 Å². The second kappa shape index (κ2) is 8.08. The number of nitrogens with zero attached hydrogens (tertiary/aromatic N) is 1. The normalized spacial score (nSPS) is 17.5. The van der Waals surface area contributed by atoms with Gasteiger partial charge in [0.15, 0.2) is 0 Å². The molecule has 0 atom stereocenters. The van der Waals surface area contributed by atoms with Crippen molar-refractivity contribution in [3.8, 4) is 0 Å². The Bertz CT molecular complexity index is 562. The van der Waals surface area contributed by atoms with Crippen LogP contribution in [0.1, 0.15) is 24.1 Å². The number of likely N-dealkylation sites (tertiary alicyclic amines) is 1. The summed E-state index contributed by atoms with van der Waals surface area (Å²) in [6.07, 6.45) is 4.40. The Morgan fingerprint density at radius 2 is 2.14 bits per heavy atom. The van der Waals surface area contributed by atoms with Crippen LogP contribution in [0.4, 0.5) is 0 Å². The number of hydrogen-bond acceptors (Lipinski definition) is 5. The summed E-state index contributed by atoms with van der Waals surface area (Å²) in [5.41, 5.74) is 0.